The number of ketones is 1. The standard InChI is InChI=1S/C20H15BrO/c21-14-20(22)19-12-10-18(11-13-19)17-8-6-16(7-9-17)15-4-2-1-3-5-15/h1-13H,14H2. The van der Waals surface area contributed by atoms with Crippen LogP contribution in [0.3, 0.4) is 0 Å². The van der Waals surface area contributed by atoms with Crippen LogP contribution in [0.2, 0.25) is 0 Å². The van der Waals surface area contributed by atoms with Gasteiger partial charge < -0.3 is 0 Å². The Hall–Kier alpha value is -2.19. The van der Waals surface area contributed by atoms with E-state index in [0.29, 0.717) is 5.33 Å². The Labute approximate surface area is 138 Å². The number of carbonyl (C=O) groups excluding carboxylic acids is 1. The lowest BCUT2D eigenvalue weighted by Gasteiger charge is -2.06. The van der Waals surface area contributed by atoms with Gasteiger partial charge in [-0.25, -0.2) is 0 Å². The van der Waals surface area contributed by atoms with Crippen molar-refractivity contribution in [1.82, 2.24) is 0 Å². The van der Waals surface area contributed by atoms with Crippen LogP contribution < -0.4 is 0 Å². The fourth-order valence-corrected chi connectivity index (χ4v) is 2.74. The lowest BCUT2D eigenvalue weighted by Crippen LogP contribution is -1.98. The lowest BCUT2D eigenvalue weighted by molar-refractivity contribution is 0.102. The zero-order valence-electron chi connectivity index (χ0n) is 12.0. The summed E-state index contributed by atoms with van der Waals surface area (Å²) in [6.07, 6.45) is 0. The minimum absolute atomic E-state index is 0.103. The van der Waals surface area contributed by atoms with E-state index < -0.39 is 0 Å². The third-order valence-electron chi connectivity index (χ3n) is 3.65. The Bertz CT molecular complexity index is 759. The third kappa shape index (κ3) is 3.18. The Morgan fingerprint density at radius 2 is 1.05 bits per heavy atom. The van der Waals surface area contributed by atoms with Crippen molar-refractivity contribution in [1.29, 1.82) is 0 Å². The summed E-state index contributed by atoms with van der Waals surface area (Å²) in [5, 5.41) is 0.359. The van der Waals surface area contributed by atoms with Crippen molar-refractivity contribution in [3.8, 4) is 22.3 Å². The molecule has 108 valence electrons. The first-order valence-electron chi connectivity index (χ1n) is 7.13. The number of hydrogen-bond acceptors (Lipinski definition) is 1. The van der Waals surface area contributed by atoms with Crippen molar-refractivity contribution >= 4 is 21.7 Å². The summed E-state index contributed by atoms with van der Waals surface area (Å²) in [4.78, 5) is 11.6. The fourth-order valence-electron chi connectivity index (χ4n) is 2.41. The van der Waals surface area contributed by atoms with Crippen LogP contribution in [-0.4, -0.2) is 11.1 Å². The molecule has 0 atom stereocenters. The largest absolute Gasteiger partial charge is 0.293 e. The lowest BCUT2D eigenvalue weighted by atomic mass is 9.99. The molecule has 0 unspecified atom stereocenters. The summed E-state index contributed by atoms with van der Waals surface area (Å²) in [6, 6.07) is 26.6. The van der Waals surface area contributed by atoms with E-state index in [1.807, 2.05) is 42.5 Å². The van der Waals surface area contributed by atoms with Crippen LogP contribution in [0.4, 0.5) is 0 Å². The van der Waals surface area contributed by atoms with Gasteiger partial charge in [0.15, 0.2) is 5.78 Å². The number of rotatable bonds is 4. The van der Waals surface area contributed by atoms with Crippen LogP contribution in [0.15, 0.2) is 78.9 Å². The Morgan fingerprint density at radius 1 is 0.636 bits per heavy atom. The number of carbonyl (C=O) groups is 1. The summed E-state index contributed by atoms with van der Waals surface area (Å²) in [5.41, 5.74) is 5.42. The van der Waals surface area contributed by atoms with Crippen molar-refractivity contribution in [3.63, 3.8) is 0 Å². The minimum Gasteiger partial charge on any atom is -0.293 e. The zero-order chi connectivity index (χ0) is 15.4. The van der Waals surface area contributed by atoms with Gasteiger partial charge in [-0.2, -0.15) is 0 Å². The molecule has 0 amide bonds. The van der Waals surface area contributed by atoms with Gasteiger partial charge in [-0.15, -0.1) is 0 Å². The molecule has 0 spiro atoms. The molecule has 2 heteroatoms. The van der Waals surface area contributed by atoms with Crippen LogP contribution in [0, 0.1) is 0 Å². The number of hydrogen-bond donors (Lipinski definition) is 0. The maximum Gasteiger partial charge on any atom is 0.173 e. The van der Waals surface area contributed by atoms with E-state index in [0.717, 1.165) is 16.7 Å². The molecule has 0 saturated carbocycles. The second-order valence-electron chi connectivity index (χ2n) is 5.08. The molecule has 0 aliphatic rings. The molecule has 1 nitrogen and oxygen atoms in total. The smallest absolute Gasteiger partial charge is 0.173 e. The summed E-state index contributed by atoms with van der Waals surface area (Å²) in [5.74, 6) is 0.103. The molecule has 0 fully saturated rings. The third-order valence-corrected chi connectivity index (χ3v) is 4.16. The predicted molar refractivity (Wildman–Crippen MR) is 95.4 cm³/mol. The molecule has 3 rings (SSSR count). The second kappa shape index (κ2) is 6.71. The van der Waals surface area contributed by atoms with Gasteiger partial charge in [-0.3, -0.25) is 4.79 Å². The normalized spacial score (nSPS) is 10.4. The molecule has 0 aliphatic heterocycles. The van der Waals surface area contributed by atoms with Crippen molar-refractivity contribution in [2.45, 2.75) is 0 Å². The van der Waals surface area contributed by atoms with E-state index in [9.17, 15) is 4.79 Å². The molecule has 3 aromatic rings. The molecule has 0 N–H and O–H groups in total. The highest BCUT2D eigenvalue weighted by Gasteiger charge is 2.04. The van der Waals surface area contributed by atoms with E-state index in [-0.39, 0.29) is 5.78 Å². The maximum absolute atomic E-state index is 11.6. The van der Waals surface area contributed by atoms with Gasteiger partial charge in [-0.05, 0) is 22.3 Å². The van der Waals surface area contributed by atoms with Gasteiger partial charge in [0.25, 0.3) is 0 Å². The molecule has 22 heavy (non-hydrogen) atoms. The fraction of sp³-hybridized carbons (Fsp3) is 0.0500. The van der Waals surface area contributed by atoms with Crippen molar-refractivity contribution in [2.75, 3.05) is 5.33 Å². The van der Waals surface area contributed by atoms with Crippen molar-refractivity contribution < 1.29 is 4.79 Å². The first-order chi connectivity index (χ1) is 10.8. The van der Waals surface area contributed by atoms with E-state index in [1.165, 1.54) is 11.1 Å². The van der Waals surface area contributed by atoms with Gasteiger partial charge >= 0.3 is 0 Å². The number of alkyl halides is 1. The molecule has 0 bridgehead atoms. The summed E-state index contributed by atoms with van der Waals surface area (Å²) in [7, 11) is 0. The highest BCUT2D eigenvalue weighted by molar-refractivity contribution is 9.09. The summed E-state index contributed by atoms with van der Waals surface area (Å²) >= 11 is 3.20. The average molecular weight is 351 g/mol. The van der Waals surface area contributed by atoms with Crippen LogP contribution in [0.5, 0.6) is 0 Å². The predicted octanol–water partition coefficient (Wildman–Crippen LogP) is 5.60. The summed E-state index contributed by atoms with van der Waals surface area (Å²) < 4.78 is 0. The van der Waals surface area contributed by atoms with Gasteiger partial charge in [0, 0.05) is 5.56 Å². The molecular weight excluding hydrogens is 336 g/mol. The molecule has 0 radical (unpaired) electrons. The Morgan fingerprint density at radius 3 is 1.50 bits per heavy atom. The SMILES string of the molecule is O=C(CBr)c1ccc(-c2ccc(-c3ccccc3)cc2)cc1. The highest BCUT2D eigenvalue weighted by atomic mass is 79.9. The Kier molecular flexibility index (Phi) is 4.50. The molecular formula is C20H15BrO. The average Bonchev–Trinajstić information content (AvgIpc) is 2.62. The Balaban J connectivity index is 1.85. The van der Waals surface area contributed by atoms with Crippen LogP contribution >= 0.6 is 15.9 Å². The highest BCUT2D eigenvalue weighted by Crippen LogP contribution is 2.25. The van der Waals surface area contributed by atoms with Crippen LogP contribution in [0.1, 0.15) is 10.4 Å². The monoisotopic (exact) mass is 350 g/mol. The van der Waals surface area contributed by atoms with E-state index in [4.69, 9.17) is 0 Å². The van der Waals surface area contributed by atoms with Gasteiger partial charge in [-0.1, -0.05) is 94.8 Å². The molecule has 0 aliphatic carbocycles. The molecule has 3 aromatic carbocycles. The quantitative estimate of drug-likeness (QED) is 0.442. The summed E-state index contributed by atoms with van der Waals surface area (Å²) in [6.45, 7) is 0. The zero-order valence-corrected chi connectivity index (χ0v) is 13.6. The topological polar surface area (TPSA) is 17.1 Å². The molecule has 0 heterocycles. The van der Waals surface area contributed by atoms with Crippen molar-refractivity contribution in [2.24, 2.45) is 0 Å². The minimum atomic E-state index is 0.103. The molecule has 0 saturated heterocycles. The van der Waals surface area contributed by atoms with Crippen LogP contribution in [0.25, 0.3) is 22.3 Å². The van der Waals surface area contributed by atoms with E-state index in [1.54, 1.807) is 0 Å². The molecule has 0 aromatic heterocycles. The first kappa shape index (κ1) is 14.7. The van der Waals surface area contributed by atoms with Crippen LogP contribution in [-0.2, 0) is 0 Å². The maximum atomic E-state index is 11.6. The van der Waals surface area contributed by atoms with E-state index >= 15 is 0 Å². The van der Waals surface area contributed by atoms with Gasteiger partial charge in [0.1, 0.15) is 0 Å². The van der Waals surface area contributed by atoms with Crippen molar-refractivity contribution in [3.05, 3.63) is 84.4 Å². The van der Waals surface area contributed by atoms with E-state index in [2.05, 4.69) is 52.3 Å². The number of halogens is 1. The number of Topliss-reactive ketones (excluding diaryl/α,β-unsaturated/α-hetero) is 1. The van der Waals surface area contributed by atoms with Gasteiger partial charge in [0.05, 0.1) is 5.33 Å². The van der Waals surface area contributed by atoms with Gasteiger partial charge in [0.2, 0.25) is 0 Å². The number of benzene rings is 3. The second-order valence-corrected chi connectivity index (χ2v) is 5.64. The first-order valence-corrected chi connectivity index (χ1v) is 8.25.